The third-order valence-electron chi connectivity index (χ3n) is 4.02. The average molecular weight is 392 g/mol. The number of Topliss-reactive ketones (excluding diaryl/α,β-unsaturated/α-hetero) is 1. The Labute approximate surface area is 157 Å². The van der Waals surface area contributed by atoms with Crippen LogP contribution in [0.4, 0.5) is 13.2 Å². The molecule has 2 N–H and O–H groups in total. The van der Waals surface area contributed by atoms with Crippen molar-refractivity contribution in [1.29, 1.82) is 0 Å². The molecule has 1 aromatic carbocycles. The standard InChI is InChI=1S/C18H15F3N4O3/c19-9-18(3-4-27-17(22)25-18)12-5-11(1-2-13(12)21)6-15(26)14-7-24-16(8-23-14)28-10-20/h1-5,7-8H,6,9-10H2,(H2,22,25)/t18-/m1/s1. The quantitative estimate of drug-likeness (QED) is 0.727. The highest BCUT2D eigenvalue weighted by atomic mass is 19.1. The maximum Gasteiger partial charge on any atom is 0.288 e. The first-order valence-electron chi connectivity index (χ1n) is 8.06. The highest BCUT2D eigenvalue weighted by molar-refractivity contribution is 5.95. The van der Waals surface area contributed by atoms with Gasteiger partial charge in [-0.05, 0) is 23.8 Å². The minimum absolute atomic E-state index is 0.0190. The van der Waals surface area contributed by atoms with E-state index in [0.29, 0.717) is 5.56 Å². The van der Waals surface area contributed by atoms with Gasteiger partial charge >= 0.3 is 0 Å². The van der Waals surface area contributed by atoms with Crippen LogP contribution in [-0.4, -0.2) is 35.3 Å². The van der Waals surface area contributed by atoms with Gasteiger partial charge in [0.25, 0.3) is 6.02 Å². The molecule has 1 aliphatic heterocycles. The third kappa shape index (κ3) is 3.95. The number of ether oxygens (including phenoxy) is 2. The Morgan fingerprint density at radius 3 is 2.71 bits per heavy atom. The second-order valence-electron chi connectivity index (χ2n) is 5.84. The van der Waals surface area contributed by atoms with Crippen LogP contribution in [0.15, 0.2) is 47.9 Å². The van der Waals surface area contributed by atoms with Gasteiger partial charge < -0.3 is 15.2 Å². The fraction of sp³-hybridized carbons (Fsp3) is 0.222. The zero-order chi connectivity index (χ0) is 20.1. The van der Waals surface area contributed by atoms with Gasteiger partial charge in [0.1, 0.15) is 23.7 Å². The van der Waals surface area contributed by atoms with Gasteiger partial charge in [0.05, 0.1) is 18.7 Å². The molecule has 0 aliphatic carbocycles. The zero-order valence-electron chi connectivity index (χ0n) is 14.4. The summed E-state index contributed by atoms with van der Waals surface area (Å²) in [5, 5.41) is 0. The maximum atomic E-state index is 14.4. The van der Waals surface area contributed by atoms with Crippen molar-refractivity contribution in [1.82, 2.24) is 9.97 Å². The van der Waals surface area contributed by atoms with Crippen LogP contribution in [0.2, 0.25) is 0 Å². The van der Waals surface area contributed by atoms with Crippen LogP contribution in [0.5, 0.6) is 5.88 Å². The van der Waals surface area contributed by atoms with Gasteiger partial charge in [0, 0.05) is 12.0 Å². The number of hydrogen-bond acceptors (Lipinski definition) is 7. The lowest BCUT2D eigenvalue weighted by Crippen LogP contribution is -2.32. The number of carbonyl (C=O) groups excluding carboxylic acids is 1. The predicted octanol–water partition coefficient (Wildman–Crippen LogP) is 2.37. The van der Waals surface area contributed by atoms with E-state index in [4.69, 9.17) is 10.5 Å². The molecule has 0 spiro atoms. The molecule has 28 heavy (non-hydrogen) atoms. The molecule has 7 nitrogen and oxygen atoms in total. The van der Waals surface area contributed by atoms with Crippen LogP contribution in [-0.2, 0) is 16.7 Å². The molecule has 0 saturated heterocycles. The Kier molecular flexibility index (Phi) is 5.57. The lowest BCUT2D eigenvalue weighted by Gasteiger charge is -2.27. The van der Waals surface area contributed by atoms with Gasteiger partial charge in [-0.25, -0.2) is 28.1 Å². The van der Waals surface area contributed by atoms with Crippen molar-refractivity contribution in [3.8, 4) is 5.88 Å². The van der Waals surface area contributed by atoms with Crippen LogP contribution in [0, 0.1) is 5.82 Å². The van der Waals surface area contributed by atoms with Crippen molar-refractivity contribution in [3.63, 3.8) is 0 Å². The van der Waals surface area contributed by atoms with Crippen LogP contribution in [0.25, 0.3) is 0 Å². The van der Waals surface area contributed by atoms with Crippen LogP contribution < -0.4 is 10.5 Å². The summed E-state index contributed by atoms with van der Waals surface area (Å²) in [4.78, 5) is 23.9. The number of nitrogens with zero attached hydrogens (tertiary/aromatic N) is 3. The smallest absolute Gasteiger partial charge is 0.288 e. The molecule has 0 unspecified atom stereocenters. The van der Waals surface area contributed by atoms with E-state index >= 15 is 0 Å². The van der Waals surface area contributed by atoms with Crippen molar-refractivity contribution in [2.75, 3.05) is 13.5 Å². The number of nitrogens with two attached hydrogens (primary N) is 1. The van der Waals surface area contributed by atoms with Crippen molar-refractivity contribution in [2.24, 2.45) is 10.7 Å². The molecular weight excluding hydrogens is 377 g/mol. The van der Waals surface area contributed by atoms with Gasteiger partial charge in [-0.2, -0.15) is 0 Å². The van der Waals surface area contributed by atoms with Gasteiger partial charge in [-0.1, -0.05) is 6.07 Å². The Morgan fingerprint density at radius 2 is 2.07 bits per heavy atom. The van der Waals surface area contributed by atoms with E-state index < -0.39 is 30.7 Å². The second kappa shape index (κ2) is 8.07. The predicted molar refractivity (Wildman–Crippen MR) is 92.6 cm³/mol. The molecule has 1 atom stereocenters. The summed E-state index contributed by atoms with van der Waals surface area (Å²) in [7, 11) is 0. The zero-order valence-corrected chi connectivity index (χ0v) is 14.4. The van der Waals surface area contributed by atoms with E-state index in [1.807, 2.05) is 0 Å². The molecule has 0 amide bonds. The summed E-state index contributed by atoms with van der Waals surface area (Å²) in [5.41, 5.74) is 4.16. The summed E-state index contributed by atoms with van der Waals surface area (Å²) in [6, 6.07) is 3.56. The Bertz CT molecular complexity index is 934. The highest BCUT2D eigenvalue weighted by Gasteiger charge is 2.35. The number of aliphatic imine (C=N–C) groups is 1. The number of aromatic nitrogens is 2. The van der Waals surface area contributed by atoms with Crippen molar-refractivity contribution in [3.05, 3.63) is 65.6 Å². The molecule has 0 radical (unpaired) electrons. The molecule has 1 aromatic heterocycles. The maximum absolute atomic E-state index is 14.4. The summed E-state index contributed by atoms with van der Waals surface area (Å²) in [5.74, 6) is -1.18. The number of carbonyl (C=O) groups is 1. The van der Waals surface area contributed by atoms with Crippen molar-refractivity contribution >= 4 is 11.8 Å². The lowest BCUT2D eigenvalue weighted by atomic mass is 9.89. The Balaban J connectivity index is 1.86. The number of hydrogen-bond donors (Lipinski definition) is 1. The minimum atomic E-state index is -1.67. The number of benzene rings is 1. The summed E-state index contributed by atoms with van der Waals surface area (Å²) >= 11 is 0. The van der Waals surface area contributed by atoms with E-state index in [2.05, 4.69) is 19.7 Å². The minimum Gasteiger partial charge on any atom is -0.445 e. The van der Waals surface area contributed by atoms with E-state index in [9.17, 15) is 18.0 Å². The van der Waals surface area contributed by atoms with Gasteiger partial charge in [-0.15, -0.1) is 0 Å². The molecule has 1 aliphatic rings. The van der Waals surface area contributed by atoms with E-state index in [1.165, 1.54) is 18.2 Å². The molecule has 2 heterocycles. The van der Waals surface area contributed by atoms with E-state index in [1.54, 1.807) is 0 Å². The van der Waals surface area contributed by atoms with Crippen molar-refractivity contribution in [2.45, 2.75) is 12.0 Å². The van der Waals surface area contributed by atoms with Crippen LogP contribution >= 0.6 is 0 Å². The molecule has 0 saturated carbocycles. The molecule has 0 bridgehead atoms. The van der Waals surface area contributed by atoms with Gasteiger partial charge in [-0.3, -0.25) is 4.79 Å². The molecular formula is C18H15F3N4O3. The number of ketones is 1. The number of alkyl halides is 2. The monoisotopic (exact) mass is 392 g/mol. The molecule has 0 fully saturated rings. The second-order valence-corrected chi connectivity index (χ2v) is 5.84. The lowest BCUT2D eigenvalue weighted by molar-refractivity contribution is 0.0987. The largest absolute Gasteiger partial charge is 0.445 e. The molecule has 2 aromatic rings. The molecule has 3 rings (SSSR count). The fourth-order valence-electron chi connectivity index (χ4n) is 2.65. The van der Waals surface area contributed by atoms with Crippen LogP contribution in [0.1, 0.15) is 21.6 Å². The number of amidine groups is 1. The summed E-state index contributed by atoms with van der Waals surface area (Å²) < 4.78 is 49.6. The topological polar surface area (TPSA) is 99.7 Å². The van der Waals surface area contributed by atoms with Gasteiger partial charge in [0.15, 0.2) is 5.78 Å². The van der Waals surface area contributed by atoms with E-state index in [-0.39, 0.29) is 29.6 Å². The molecule has 146 valence electrons. The normalized spacial score (nSPS) is 18.3. The van der Waals surface area contributed by atoms with Gasteiger partial charge in [0.2, 0.25) is 12.7 Å². The molecule has 10 heteroatoms. The van der Waals surface area contributed by atoms with Crippen molar-refractivity contribution < 1.29 is 27.4 Å². The number of rotatable bonds is 7. The average Bonchev–Trinajstić information content (AvgIpc) is 2.70. The Morgan fingerprint density at radius 1 is 1.25 bits per heavy atom. The SMILES string of the molecule is NC1=N[C@](CF)(c2cc(CC(=O)c3cnc(OCF)cn3)ccc2F)C=CO1. The third-order valence-corrected chi connectivity index (χ3v) is 4.02. The summed E-state index contributed by atoms with van der Waals surface area (Å²) in [6.45, 7) is -2.12. The first-order valence-corrected chi connectivity index (χ1v) is 8.06. The van der Waals surface area contributed by atoms with Crippen LogP contribution in [0.3, 0.4) is 0 Å². The number of halogens is 3. The van der Waals surface area contributed by atoms with E-state index in [0.717, 1.165) is 24.7 Å². The first kappa shape index (κ1) is 19.3. The fourth-order valence-corrected chi connectivity index (χ4v) is 2.65. The first-order chi connectivity index (χ1) is 13.5. The highest BCUT2D eigenvalue weighted by Crippen LogP contribution is 2.33. The summed E-state index contributed by atoms with van der Waals surface area (Å²) in [6.07, 6.45) is 4.50. The Hall–Kier alpha value is -3.43.